The summed E-state index contributed by atoms with van der Waals surface area (Å²) in [5.74, 6) is -0.0524. The fraction of sp³-hybridized carbons (Fsp3) is 0.300. The average molecular weight is 217 g/mol. The van der Waals surface area contributed by atoms with Crippen LogP contribution in [0.1, 0.15) is 23.4 Å². The Morgan fingerprint density at radius 3 is 2.54 bits per heavy atom. The standard InChI is InChI=1S/C10H10Cl2O/c1-6-5-8(3-4-9(6)11)10(12)7(2)13/h3-5,10H,1-2H3. The summed E-state index contributed by atoms with van der Waals surface area (Å²) in [7, 11) is 0. The normalized spacial score (nSPS) is 12.6. The molecule has 0 fully saturated rings. The van der Waals surface area contributed by atoms with Crippen LogP contribution in [-0.2, 0) is 4.79 Å². The van der Waals surface area contributed by atoms with E-state index >= 15 is 0 Å². The average Bonchev–Trinajstić information content (AvgIpc) is 2.08. The number of hydrogen-bond acceptors (Lipinski definition) is 1. The summed E-state index contributed by atoms with van der Waals surface area (Å²) < 4.78 is 0. The Labute approximate surface area is 87.7 Å². The van der Waals surface area contributed by atoms with Crippen LogP contribution >= 0.6 is 23.2 Å². The fourth-order valence-corrected chi connectivity index (χ4v) is 1.31. The van der Waals surface area contributed by atoms with E-state index in [1.807, 2.05) is 13.0 Å². The number of carbonyl (C=O) groups excluding carboxylic acids is 1. The number of aryl methyl sites for hydroxylation is 1. The van der Waals surface area contributed by atoms with E-state index in [1.54, 1.807) is 12.1 Å². The minimum absolute atomic E-state index is 0.0524. The van der Waals surface area contributed by atoms with Crippen molar-refractivity contribution in [3.05, 3.63) is 34.3 Å². The second-order valence-corrected chi connectivity index (χ2v) is 3.83. The van der Waals surface area contributed by atoms with E-state index in [0.717, 1.165) is 11.1 Å². The first kappa shape index (κ1) is 10.6. The second-order valence-electron chi connectivity index (χ2n) is 2.98. The number of hydrogen-bond donors (Lipinski definition) is 0. The van der Waals surface area contributed by atoms with E-state index in [-0.39, 0.29) is 5.78 Å². The quantitative estimate of drug-likeness (QED) is 0.692. The highest BCUT2D eigenvalue weighted by atomic mass is 35.5. The first-order valence-electron chi connectivity index (χ1n) is 3.93. The highest BCUT2D eigenvalue weighted by molar-refractivity contribution is 6.32. The number of Topliss-reactive ketones (excluding diaryl/α,β-unsaturated/α-hetero) is 1. The highest BCUT2D eigenvalue weighted by Gasteiger charge is 2.13. The van der Waals surface area contributed by atoms with Crippen molar-refractivity contribution in [1.29, 1.82) is 0 Å². The molecule has 0 amide bonds. The van der Waals surface area contributed by atoms with Crippen molar-refractivity contribution in [2.45, 2.75) is 19.2 Å². The monoisotopic (exact) mass is 216 g/mol. The molecule has 1 rings (SSSR count). The molecule has 1 aromatic carbocycles. The van der Waals surface area contributed by atoms with Gasteiger partial charge in [-0.25, -0.2) is 0 Å². The van der Waals surface area contributed by atoms with Crippen LogP contribution in [0.2, 0.25) is 5.02 Å². The number of alkyl halides is 1. The topological polar surface area (TPSA) is 17.1 Å². The molecule has 0 aliphatic heterocycles. The van der Waals surface area contributed by atoms with E-state index in [1.165, 1.54) is 6.92 Å². The second kappa shape index (κ2) is 4.12. The summed E-state index contributed by atoms with van der Waals surface area (Å²) in [5.41, 5.74) is 1.74. The van der Waals surface area contributed by atoms with E-state index in [0.29, 0.717) is 5.02 Å². The summed E-state index contributed by atoms with van der Waals surface area (Å²) >= 11 is 11.7. The lowest BCUT2D eigenvalue weighted by molar-refractivity contribution is -0.116. The van der Waals surface area contributed by atoms with Crippen molar-refractivity contribution in [1.82, 2.24) is 0 Å². The van der Waals surface area contributed by atoms with Crippen molar-refractivity contribution in [2.24, 2.45) is 0 Å². The number of ketones is 1. The number of halogens is 2. The summed E-state index contributed by atoms with van der Waals surface area (Å²) in [6, 6.07) is 5.36. The third-order valence-electron chi connectivity index (χ3n) is 1.83. The van der Waals surface area contributed by atoms with Gasteiger partial charge >= 0.3 is 0 Å². The maximum atomic E-state index is 11.0. The summed E-state index contributed by atoms with van der Waals surface area (Å²) in [4.78, 5) is 11.0. The predicted molar refractivity (Wildman–Crippen MR) is 55.5 cm³/mol. The predicted octanol–water partition coefficient (Wildman–Crippen LogP) is 3.52. The summed E-state index contributed by atoms with van der Waals surface area (Å²) in [6.07, 6.45) is 0. The molecular formula is C10H10Cl2O. The molecule has 70 valence electrons. The summed E-state index contributed by atoms with van der Waals surface area (Å²) in [5, 5.41) is 0.132. The van der Waals surface area contributed by atoms with Crippen molar-refractivity contribution in [3.8, 4) is 0 Å². The van der Waals surface area contributed by atoms with Crippen LogP contribution in [0.5, 0.6) is 0 Å². The van der Waals surface area contributed by atoms with Crippen molar-refractivity contribution in [3.63, 3.8) is 0 Å². The van der Waals surface area contributed by atoms with Crippen LogP contribution in [0.4, 0.5) is 0 Å². The molecule has 0 aliphatic rings. The smallest absolute Gasteiger partial charge is 0.152 e. The minimum atomic E-state index is -0.559. The number of rotatable bonds is 2. The lowest BCUT2D eigenvalue weighted by Gasteiger charge is -2.07. The van der Waals surface area contributed by atoms with Crippen molar-refractivity contribution in [2.75, 3.05) is 0 Å². The van der Waals surface area contributed by atoms with E-state index in [2.05, 4.69) is 0 Å². The maximum absolute atomic E-state index is 11.0. The zero-order valence-corrected chi connectivity index (χ0v) is 8.99. The van der Waals surface area contributed by atoms with Gasteiger partial charge in [0.05, 0.1) is 0 Å². The Hall–Kier alpha value is -0.530. The Kier molecular flexibility index (Phi) is 3.34. The van der Waals surface area contributed by atoms with Gasteiger partial charge in [0.25, 0.3) is 0 Å². The van der Waals surface area contributed by atoms with Gasteiger partial charge in [-0.1, -0.05) is 23.7 Å². The Bertz CT molecular complexity index is 334. The van der Waals surface area contributed by atoms with E-state index in [9.17, 15) is 4.79 Å². The minimum Gasteiger partial charge on any atom is -0.298 e. The molecule has 13 heavy (non-hydrogen) atoms. The molecule has 0 N–H and O–H groups in total. The van der Waals surface area contributed by atoms with Gasteiger partial charge in [0.2, 0.25) is 0 Å². The lowest BCUT2D eigenvalue weighted by Crippen LogP contribution is -2.01. The molecule has 1 unspecified atom stereocenters. The fourth-order valence-electron chi connectivity index (χ4n) is 1.06. The molecule has 1 nitrogen and oxygen atoms in total. The summed E-state index contributed by atoms with van der Waals surface area (Å²) in [6.45, 7) is 3.36. The van der Waals surface area contributed by atoms with Crippen LogP contribution in [0, 0.1) is 6.92 Å². The Morgan fingerprint density at radius 1 is 1.46 bits per heavy atom. The number of carbonyl (C=O) groups is 1. The Morgan fingerprint density at radius 2 is 2.08 bits per heavy atom. The van der Waals surface area contributed by atoms with Gasteiger partial charge in [0, 0.05) is 5.02 Å². The van der Waals surface area contributed by atoms with Crippen LogP contribution in [0.25, 0.3) is 0 Å². The van der Waals surface area contributed by atoms with E-state index < -0.39 is 5.38 Å². The zero-order chi connectivity index (χ0) is 10.0. The number of benzene rings is 1. The molecule has 1 aromatic rings. The SMILES string of the molecule is CC(=O)C(Cl)c1ccc(Cl)c(C)c1. The molecule has 0 aliphatic carbocycles. The van der Waals surface area contributed by atoms with Gasteiger partial charge < -0.3 is 0 Å². The first-order chi connectivity index (χ1) is 6.02. The van der Waals surface area contributed by atoms with Crippen molar-refractivity contribution < 1.29 is 4.79 Å². The van der Waals surface area contributed by atoms with Gasteiger partial charge in [-0.2, -0.15) is 0 Å². The first-order valence-corrected chi connectivity index (χ1v) is 4.74. The molecule has 0 aromatic heterocycles. The largest absolute Gasteiger partial charge is 0.298 e. The van der Waals surface area contributed by atoms with Gasteiger partial charge in [0.15, 0.2) is 5.78 Å². The Balaban J connectivity index is 3.03. The molecule has 0 radical (unpaired) electrons. The molecule has 0 heterocycles. The third-order valence-corrected chi connectivity index (χ3v) is 2.81. The molecule has 3 heteroatoms. The van der Waals surface area contributed by atoms with Crippen molar-refractivity contribution >= 4 is 29.0 Å². The van der Waals surface area contributed by atoms with Gasteiger partial charge in [0.1, 0.15) is 5.38 Å². The van der Waals surface area contributed by atoms with Crippen LogP contribution in [0.3, 0.4) is 0 Å². The molecule has 0 bridgehead atoms. The molecule has 0 saturated carbocycles. The van der Waals surface area contributed by atoms with Gasteiger partial charge in [-0.05, 0) is 31.0 Å². The van der Waals surface area contributed by atoms with Gasteiger partial charge in [-0.15, -0.1) is 11.6 Å². The van der Waals surface area contributed by atoms with Crippen LogP contribution in [0.15, 0.2) is 18.2 Å². The molecule has 1 atom stereocenters. The van der Waals surface area contributed by atoms with Crippen LogP contribution in [-0.4, -0.2) is 5.78 Å². The molecule has 0 spiro atoms. The van der Waals surface area contributed by atoms with Gasteiger partial charge in [-0.3, -0.25) is 4.79 Å². The molecular weight excluding hydrogens is 207 g/mol. The molecule has 0 saturated heterocycles. The van der Waals surface area contributed by atoms with E-state index in [4.69, 9.17) is 23.2 Å². The maximum Gasteiger partial charge on any atom is 0.152 e. The zero-order valence-electron chi connectivity index (χ0n) is 7.47. The van der Waals surface area contributed by atoms with Crippen LogP contribution < -0.4 is 0 Å². The highest BCUT2D eigenvalue weighted by Crippen LogP contribution is 2.25. The third kappa shape index (κ3) is 2.45. The lowest BCUT2D eigenvalue weighted by atomic mass is 10.1.